The lowest BCUT2D eigenvalue weighted by molar-refractivity contribution is 0.102. The highest BCUT2D eigenvalue weighted by Gasteiger charge is 2.32. The zero-order valence-electron chi connectivity index (χ0n) is 22.6. The van der Waals surface area contributed by atoms with Gasteiger partial charge in [0.15, 0.2) is 5.82 Å². The lowest BCUT2D eigenvalue weighted by Crippen LogP contribution is -2.51. The molecule has 0 radical (unpaired) electrons. The van der Waals surface area contributed by atoms with Crippen LogP contribution in [0.25, 0.3) is 22.5 Å². The maximum atomic E-state index is 14.7. The lowest BCUT2D eigenvalue weighted by atomic mass is 9.97. The Morgan fingerprint density at radius 3 is 2.76 bits per heavy atom. The summed E-state index contributed by atoms with van der Waals surface area (Å²) in [7, 11) is -2.25. The zero-order chi connectivity index (χ0) is 29.9. The SMILES string of the molecule is COc1cccc(F)c1-c1nccc(C(=O)Nc2ccc(-c3cnccc3C#N)cc2N2CC[C@@H]2COS(C)(=O)=O)n1. The normalized spacial score (nSPS) is 14.5. The molecule has 1 fully saturated rings. The molecule has 3 heterocycles. The van der Waals surface area contributed by atoms with E-state index in [0.29, 0.717) is 41.0 Å². The summed E-state index contributed by atoms with van der Waals surface area (Å²) < 4.78 is 48.2. The van der Waals surface area contributed by atoms with E-state index in [9.17, 15) is 22.9 Å². The highest BCUT2D eigenvalue weighted by molar-refractivity contribution is 7.85. The summed E-state index contributed by atoms with van der Waals surface area (Å²) in [5.41, 5.74) is 2.72. The molecule has 1 aliphatic rings. The number of hydrogen-bond acceptors (Lipinski definition) is 10. The Morgan fingerprint density at radius 1 is 1.21 bits per heavy atom. The third-order valence-corrected chi connectivity index (χ3v) is 7.30. The minimum Gasteiger partial charge on any atom is -0.496 e. The molecule has 1 atom stereocenters. The number of halogens is 1. The van der Waals surface area contributed by atoms with Gasteiger partial charge in [-0.1, -0.05) is 12.1 Å². The van der Waals surface area contributed by atoms with Gasteiger partial charge < -0.3 is 15.0 Å². The first-order chi connectivity index (χ1) is 20.2. The number of nitrogens with one attached hydrogen (secondary N) is 1. The van der Waals surface area contributed by atoms with Crippen LogP contribution in [0.5, 0.6) is 5.75 Å². The second-order valence-electron chi connectivity index (χ2n) is 9.43. The van der Waals surface area contributed by atoms with E-state index in [0.717, 1.165) is 6.26 Å². The molecule has 0 unspecified atom stereocenters. The average molecular weight is 589 g/mol. The molecule has 1 saturated heterocycles. The van der Waals surface area contributed by atoms with Crippen molar-refractivity contribution in [3.8, 4) is 34.3 Å². The number of methoxy groups -OCH3 is 1. The molecule has 5 rings (SSSR count). The maximum Gasteiger partial charge on any atom is 0.274 e. The van der Waals surface area contributed by atoms with Crippen LogP contribution in [0.1, 0.15) is 22.5 Å². The largest absolute Gasteiger partial charge is 0.496 e. The monoisotopic (exact) mass is 588 g/mol. The molecule has 1 aliphatic heterocycles. The van der Waals surface area contributed by atoms with E-state index in [2.05, 4.69) is 26.3 Å². The highest BCUT2D eigenvalue weighted by Crippen LogP contribution is 2.38. The van der Waals surface area contributed by atoms with E-state index < -0.39 is 21.8 Å². The van der Waals surface area contributed by atoms with Crippen LogP contribution in [0.2, 0.25) is 0 Å². The van der Waals surface area contributed by atoms with Crippen LogP contribution in [-0.2, 0) is 14.3 Å². The summed E-state index contributed by atoms with van der Waals surface area (Å²) >= 11 is 0. The lowest BCUT2D eigenvalue weighted by Gasteiger charge is -2.43. The molecule has 4 aromatic rings. The van der Waals surface area contributed by atoms with Crippen LogP contribution in [0, 0.1) is 17.1 Å². The number of benzene rings is 2. The van der Waals surface area contributed by atoms with Gasteiger partial charge in [0.05, 0.1) is 54.6 Å². The Balaban J connectivity index is 1.50. The first kappa shape index (κ1) is 28.6. The molecule has 0 aliphatic carbocycles. The van der Waals surface area contributed by atoms with Crippen LogP contribution < -0.4 is 15.0 Å². The molecule has 0 bridgehead atoms. The molecular weight excluding hydrogens is 563 g/mol. The molecule has 13 heteroatoms. The number of amides is 1. The summed E-state index contributed by atoms with van der Waals surface area (Å²) in [6, 6.07) is 14.4. The van der Waals surface area contributed by atoms with E-state index in [1.165, 1.54) is 37.7 Å². The van der Waals surface area contributed by atoms with Gasteiger partial charge >= 0.3 is 0 Å². The van der Waals surface area contributed by atoms with Crippen molar-refractivity contribution in [3.05, 3.63) is 84.2 Å². The number of carbonyl (C=O) groups is 1. The first-order valence-corrected chi connectivity index (χ1v) is 14.6. The topological polar surface area (TPSA) is 147 Å². The Kier molecular flexibility index (Phi) is 8.10. The number of anilines is 2. The van der Waals surface area contributed by atoms with E-state index in [-0.39, 0.29) is 35.5 Å². The molecule has 11 nitrogen and oxygen atoms in total. The van der Waals surface area contributed by atoms with Crippen LogP contribution in [0.4, 0.5) is 15.8 Å². The van der Waals surface area contributed by atoms with Crippen molar-refractivity contribution in [2.75, 3.05) is 36.7 Å². The second kappa shape index (κ2) is 11.9. The van der Waals surface area contributed by atoms with Crippen LogP contribution >= 0.6 is 0 Å². The van der Waals surface area contributed by atoms with E-state index in [1.54, 1.807) is 36.5 Å². The standard InChI is InChI=1S/C29H25FN6O5S/c1-40-26-5-3-4-22(30)27(26)28-33-12-9-24(34-28)29(37)35-23-7-6-18(21-16-32-11-8-19(21)15-31)14-25(23)36-13-10-20(36)17-41-42(2,38)39/h3-9,11-12,14,16,20H,10,13,17H2,1-2H3,(H,35,37)/t20-/m1/s1. The third-order valence-electron chi connectivity index (χ3n) is 6.73. The van der Waals surface area contributed by atoms with Gasteiger partial charge in [0.25, 0.3) is 16.0 Å². The average Bonchev–Trinajstić information content (AvgIpc) is 2.96. The highest BCUT2D eigenvalue weighted by atomic mass is 32.2. The predicted molar refractivity (Wildman–Crippen MR) is 153 cm³/mol. The Morgan fingerprint density at radius 2 is 2.05 bits per heavy atom. The summed E-state index contributed by atoms with van der Waals surface area (Å²) in [5, 5.41) is 12.5. The van der Waals surface area contributed by atoms with Crippen molar-refractivity contribution >= 4 is 27.4 Å². The van der Waals surface area contributed by atoms with Gasteiger partial charge in [0.1, 0.15) is 17.3 Å². The zero-order valence-corrected chi connectivity index (χ0v) is 23.4. The molecule has 214 valence electrons. The van der Waals surface area contributed by atoms with Gasteiger partial charge in [-0.15, -0.1) is 0 Å². The van der Waals surface area contributed by atoms with Gasteiger partial charge in [-0.2, -0.15) is 13.7 Å². The van der Waals surface area contributed by atoms with Gasteiger partial charge in [-0.25, -0.2) is 14.4 Å². The molecule has 2 aromatic heterocycles. The van der Waals surface area contributed by atoms with E-state index in [1.807, 2.05) is 4.90 Å². The molecule has 1 amide bonds. The number of ether oxygens (including phenoxy) is 1. The number of rotatable bonds is 9. The quantitative estimate of drug-likeness (QED) is 0.284. The van der Waals surface area contributed by atoms with Gasteiger partial charge in [-0.3, -0.25) is 14.0 Å². The number of carbonyl (C=O) groups excluding carboxylic acids is 1. The Hall–Kier alpha value is -4.93. The fraction of sp³-hybridized carbons (Fsp3) is 0.207. The van der Waals surface area contributed by atoms with Gasteiger partial charge in [-0.05, 0) is 48.4 Å². The number of nitrogens with zero attached hydrogens (tertiary/aromatic N) is 5. The first-order valence-electron chi connectivity index (χ1n) is 12.8. The molecule has 0 saturated carbocycles. The smallest absolute Gasteiger partial charge is 0.274 e. The summed E-state index contributed by atoms with van der Waals surface area (Å²) in [4.78, 5) is 27.9. The maximum absolute atomic E-state index is 14.7. The molecule has 42 heavy (non-hydrogen) atoms. The van der Waals surface area contributed by atoms with Gasteiger partial charge in [0.2, 0.25) is 0 Å². The Bertz CT molecular complexity index is 1810. The van der Waals surface area contributed by atoms with Crippen molar-refractivity contribution in [3.63, 3.8) is 0 Å². The number of hydrogen-bond donors (Lipinski definition) is 1. The van der Waals surface area contributed by atoms with Crippen molar-refractivity contribution < 1.29 is 26.5 Å². The Labute approximate surface area is 241 Å². The van der Waals surface area contributed by atoms with Gasteiger partial charge in [0, 0.05) is 30.7 Å². The number of nitriles is 1. The van der Waals surface area contributed by atoms with Crippen molar-refractivity contribution in [1.29, 1.82) is 5.26 Å². The van der Waals surface area contributed by atoms with Crippen LogP contribution in [0.15, 0.2) is 67.1 Å². The minimum atomic E-state index is -3.65. The van der Waals surface area contributed by atoms with Crippen LogP contribution in [-0.4, -0.2) is 61.8 Å². The second-order valence-corrected chi connectivity index (χ2v) is 11.1. The van der Waals surface area contributed by atoms with Crippen molar-refractivity contribution in [1.82, 2.24) is 15.0 Å². The van der Waals surface area contributed by atoms with Crippen LogP contribution in [0.3, 0.4) is 0 Å². The molecule has 0 spiro atoms. The molecule has 2 aromatic carbocycles. The molecule has 1 N–H and O–H groups in total. The summed E-state index contributed by atoms with van der Waals surface area (Å²) in [6.45, 7) is 0.513. The fourth-order valence-electron chi connectivity index (χ4n) is 4.58. The predicted octanol–water partition coefficient (Wildman–Crippen LogP) is 4.03. The minimum absolute atomic E-state index is 0.0140. The van der Waals surface area contributed by atoms with Crippen molar-refractivity contribution in [2.45, 2.75) is 12.5 Å². The van der Waals surface area contributed by atoms with E-state index in [4.69, 9.17) is 8.92 Å². The fourth-order valence-corrected chi connectivity index (χ4v) is 4.99. The third kappa shape index (κ3) is 6.04. The van der Waals surface area contributed by atoms with E-state index >= 15 is 0 Å². The molecular formula is C29H25FN6O5S. The number of pyridine rings is 1. The summed E-state index contributed by atoms with van der Waals surface area (Å²) in [6.07, 6.45) is 6.12. The number of aromatic nitrogens is 3. The summed E-state index contributed by atoms with van der Waals surface area (Å²) in [5.74, 6) is -0.976. The van der Waals surface area contributed by atoms with Crippen molar-refractivity contribution in [2.24, 2.45) is 0 Å².